The van der Waals surface area contributed by atoms with Crippen molar-refractivity contribution in [2.24, 2.45) is 0 Å². The highest BCUT2D eigenvalue weighted by molar-refractivity contribution is 7.90. The molecule has 4 N–H and O–H groups in total. The number of fused-ring (bicyclic) bond motifs is 1. The molecule has 11 heteroatoms. The number of hydrogen-bond donors (Lipinski definition) is 4. The largest absolute Gasteiger partial charge is 0.465 e. The maximum absolute atomic E-state index is 12.9. The molecule has 0 radical (unpaired) electrons. The molecule has 0 bridgehead atoms. The lowest BCUT2D eigenvalue weighted by molar-refractivity contribution is -0.124. The van der Waals surface area contributed by atoms with Gasteiger partial charge in [0.05, 0.1) is 17.5 Å². The van der Waals surface area contributed by atoms with E-state index in [4.69, 9.17) is 9.52 Å². The molecule has 34 heavy (non-hydrogen) atoms. The average molecular weight is 490 g/mol. The minimum atomic E-state index is -3.84. The second kappa shape index (κ2) is 11.1. The molecule has 182 valence electrons. The van der Waals surface area contributed by atoms with Gasteiger partial charge in [-0.15, -0.1) is 0 Å². The predicted octanol–water partition coefficient (Wildman–Crippen LogP) is 2.40. The highest BCUT2D eigenvalue weighted by atomic mass is 32.2. The smallest absolute Gasteiger partial charge is 0.405 e. The van der Waals surface area contributed by atoms with E-state index < -0.39 is 45.8 Å². The molecule has 3 aromatic rings. The third kappa shape index (κ3) is 6.78. The zero-order valence-electron chi connectivity index (χ0n) is 18.5. The molecule has 1 aromatic heterocycles. The van der Waals surface area contributed by atoms with Crippen LogP contribution in [0.25, 0.3) is 11.1 Å². The molecular weight excluding hydrogens is 462 g/mol. The molecule has 2 unspecified atom stereocenters. The van der Waals surface area contributed by atoms with E-state index in [0.717, 1.165) is 0 Å². The Bertz CT molecular complexity index is 1190. The fourth-order valence-corrected chi connectivity index (χ4v) is 5.13. The third-order valence-electron chi connectivity index (χ3n) is 5.14. The molecule has 0 aliphatic heterocycles. The average Bonchev–Trinajstić information content (AvgIpc) is 3.22. The number of para-hydroxylation sites is 2. The van der Waals surface area contributed by atoms with Gasteiger partial charge in [0.2, 0.25) is 11.8 Å². The molecule has 0 saturated carbocycles. The number of oxazole rings is 1. The zero-order chi connectivity index (χ0) is 24.7. The molecular formula is C23H27N3O7S. The van der Waals surface area contributed by atoms with Crippen molar-refractivity contribution in [2.45, 2.75) is 43.7 Å². The summed E-state index contributed by atoms with van der Waals surface area (Å²) >= 11 is 0. The first-order chi connectivity index (χ1) is 16.2. The summed E-state index contributed by atoms with van der Waals surface area (Å²) in [6, 6.07) is 12.9. The number of aromatic nitrogens is 1. The van der Waals surface area contributed by atoms with Crippen molar-refractivity contribution in [1.29, 1.82) is 0 Å². The van der Waals surface area contributed by atoms with Crippen molar-refractivity contribution in [1.82, 2.24) is 15.6 Å². The van der Waals surface area contributed by atoms with Gasteiger partial charge in [-0.2, -0.15) is 0 Å². The quantitative estimate of drug-likeness (QED) is 0.319. The first-order valence-corrected chi connectivity index (χ1v) is 12.6. The summed E-state index contributed by atoms with van der Waals surface area (Å²) in [7, 11) is -3.84. The Labute approximate surface area is 196 Å². The Morgan fingerprint density at radius 1 is 1.06 bits per heavy atom. The van der Waals surface area contributed by atoms with E-state index in [0.29, 0.717) is 29.5 Å². The molecule has 0 fully saturated rings. The molecule has 0 saturated heterocycles. The van der Waals surface area contributed by atoms with E-state index in [1.807, 2.05) is 12.2 Å². The summed E-state index contributed by atoms with van der Waals surface area (Å²) in [5.74, 6) is -1.95. The molecule has 0 aliphatic carbocycles. The summed E-state index contributed by atoms with van der Waals surface area (Å²) < 4.78 is 30.9. The molecule has 2 aromatic carbocycles. The maximum Gasteiger partial charge on any atom is 0.405 e. The van der Waals surface area contributed by atoms with Gasteiger partial charge in [0.1, 0.15) is 11.6 Å². The lowest BCUT2D eigenvalue weighted by Gasteiger charge is -2.25. The normalized spacial score (nSPS) is 14.3. The monoisotopic (exact) mass is 489 g/mol. The maximum atomic E-state index is 12.9. The van der Waals surface area contributed by atoms with Crippen molar-refractivity contribution >= 4 is 32.9 Å². The van der Waals surface area contributed by atoms with E-state index in [-0.39, 0.29) is 11.6 Å². The number of hydrogen-bond acceptors (Lipinski definition) is 7. The van der Waals surface area contributed by atoms with Crippen LogP contribution in [0.2, 0.25) is 0 Å². The Kier molecular flexibility index (Phi) is 8.24. The number of aliphatic hydroxyl groups is 1. The Morgan fingerprint density at radius 3 is 2.38 bits per heavy atom. The van der Waals surface area contributed by atoms with Crippen LogP contribution in [0.1, 0.15) is 37.3 Å². The van der Waals surface area contributed by atoms with E-state index in [1.54, 1.807) is 54.6 Å². The molecule has 0 spiro atoms. The molecule has 0 aliphatic rings. The van der Waals surface area contributed by atoms with Crippen LogP contribution in [-0.2, 0) is 20.4 Å². The van der Waals surface area contributed by atoms with Crippen LogP contribution in [0.4, 0.5) is 4.79 Å². The van der Waals surface area contributed by atoms with Gasteiger partial charge in [-0.1, -0.05) is 55.8 Å². The van der Waals surface area contributed by atoms with Crippen LogP contribution in [0.15, 0.2) is 59.0 Å². The van der Waals surface area contributed by atoms with Crippen molar-refractivity contribution in [3.05, 3.63) is 66.1 Å². The zero-order valence-corrected chi connectivity index (χ0v) is 19.4. The van der Waals surface area contributed by atoms with Crippen molar-refractivity contribution in [3.63, 3.8) is 0 Å². The van der Waals surface area contributed by atoms with Crippen LogP contribution in [-0.4, -0.2) is 53.5 Å². The van der Waals surface area contributed by atoms with Crippen molar-refractivity contribution in [3.8, 4) is 0 Å². The number of nitrogens with one attached hydrogen (secondary N) is 2. The molecule has 3 rings (SSSR count). The number of nitrogens with zero attached hydrogens (tertiary/aromatic N) is 1. The van der Waals surface area contributed by atoms with E-state index in [1.165, 1.54) is 0 Å². The molecule has 10 nitrogen and oxygen atoms in total. The number of benzene rings is 2. The van der Waals surface area contributed by atoms with Gasteiger partial charge in [-0.25, -0.2) is 18.2 Å². The van der Waals surface area contributed by atoms with Crippen molar-refractivity contribution in [2.75, 3.05) is 5.75 Å². The fourth-order valence-electron chi connectivity index (χ4n) is 3.56. The van der Waals surface area contributed by atoms with Crippen LogP contribution in [0.3, 0.4) is 0 Å². The standard InChI is InChI=1S/C23H27N3O7S/c1-2-8-17(20(27)22-25-16-11-6-7-12-19(16)33-22)24-21(28)18(26-23(29)30)14-34(31,32)13-15-9-4-3-5-10-15/h3-7,9-12,17-18,20,26-27H,2,8,13-14H2,1H3,(H,24,28)(H,29,30)/t17?,18-,20?/m0/s1. The van der Waals surface area contributed by atoms with Gasteiger partial charge in [0, 0.05) is 0 Å². The summed E-state index contributed by atoms with van der Waals surface area (Å²) in [6.07, 6.45) is -1.96. The highest BCUT2D eigenvalue weighted by Gasteiger charge is 2.32. The third-order valence-corrected chi connectivity index (χ3v) is 6.75. The van der Waals surface area contributed by atoms with Crippen LogP contribution >= 0.6 is 0 Å². The van der Waals surface area contributed by atoms with Gasteiger partial charge < -0.3 is 25.3 Å². The molecule has 2 amide bonds. The van der Waals surface area contributed by atoms with Crippen LogP contribution in [0, 0.1) is 0 Å². The lowest BCUT2D eigenvalue weighted by Crippen LogP contribution is -2.53. The molecule has 1 heterocycles. The van der Waals surface area contributed by atoms with Gasteiger partial charge in [0.25, 0.3) is 0 Å². The Morgan fingerprint density at radius 2 is 1.74 bits per heavy atom. The van der Waals surface area contributed by atoms with E-state index in [9.17, 15) is 23.1 Å². The Balaban J connectivity index is 1.76. The topological polar surface area (TPSA) is 159 Å². The summed E-state index contributed by atoms with van der Waals surface area (Å²) in [5.41, 5.74) is 1.53. The summed E-state index contributed by atoms with van der Waals surface area (Å²) in [6.45, 7) is 1.84. The number of aliphatic hydroxyl groups excluding tert-OH is 1. The first kappa shape index (κ1) is 25.2. The molecule has 3 atom stereocenters. The van der Waals surface area contributed by atoms with Crippen LogP contribution < -0.4 is 10.6 Å². The lowest BCUT2D eigenvalue weighted by atomic mass is 10.1. The summed E-state index contributed by atoms with van der Waals surface area (Å²) in [4.78, 5) is 28.5. The minimum absolute atomic E-state index is 0.000562. The number of carbonyl (C=O) groups is 2. The number of amides is 2. The number of carbonyl (C=O) groups excluding carboxylic acids is 1. The Hall–Kier alpha value is -3.44. The van der Waals surface area contributed by atoms with Gasteiger partial charge in [-0.3, -0.25) is 4.79 Å². The van der Waals surface area contributed by atoms with Gasteiger partial charge in [-0.05, 0) is 24.1 Å². The van der Waals surface area contributed by atoms with E-state index >= 15 is 0 Å². The predicted molar refractivity (Wildman–Crippen MR) is 125 cm³/mol. The number of sulfone groups is 1. The van der Waals surface area contributed by atoms with Crippen LogP contribution in [0.5, 0.6) is 0 Å². The second-order valence-electron chi connectivity index (χ2n) is 7.91. The number of carboxylic acid groups (broad SMARTS) is 1. The fraction of sp³-hybridized carbons (Fsp3) is 0.348. The van der Waals surface area contributed by atoms with Crippen molar-refractivity contribution < 1.29 is 32.6 Å². The van der Waals surface area contributed by atoms with Gasteiger partial charge >= 0.3 is 6.09 Å². The van der Waals surface area contributed by atoms with Gasteiger partial charge in [0.15, 0.2) is 21.5 Å². The minimum Gasteiger partial charge on any atom is -0.465 e. The SMILES string of the molecule is CCCC(NC(=O)[C@H](CS(=O)(=O)Cc1ccccc1)NC(=O)O)C(O)c1nc2ccccc2o1. The number of rotatable bonds is 11. The second-order valence-corrected chi connectivity index (χ2v) is 10.0. The first-order valence-electron chi connectivity index (χ1n) is 10.8. The van der Waals surface area contributed by atoms with E-state index in [2.05, 4.69) is 10.3 Å². The highest BCUT2D eigenvalue weighted by Crippen LogP contribution is 2.24. The summed E-state index contributed by atoms with van der Waals surface area (Å²) in [5, 5.41) is 24.5.